The van der Waals surface area contributed by atoms with Crippen LogP contribution in [0, 0.1) is 5.41 Å². The van der Waals surface area contributed by atoms with Crippen molar-refractivity contribution in [1.29, 1.82) is 0 Å². The lowest BCUT2D eigenvalue weighted by molar-refractivity contribution is 0.192. The number of rotatable bonds is 5. The maximum atomic E-state index is 9.08. The van der Waals surface area contributed by atoms with Gasteiger partial charge in [-0.05, 0) is 30.0 Å². The lowest BCUT2D eigenvalue weighted by Crippen LogP contribution is -2.35. The average molecular weight is 328 g/mol. The molecule has 3 nitrogen and oxygen atoms in total. The van der Waals surface area contributed by atoms with Crippen LogP contribution in [-0.4, -0.2) is 24.9 Å². The van der Waals surface area contributed by atoms with E-state index in [1.54, 1.807) is 0 Å². The fraction of sp³-hybridized carbons (Fsp3) is 0.600. The maximum Gasteiger partial charge on any atom is 0.124 e. The fourth-order valence-corrected chi connectivity index (χ4v) is 2.75. The molecule has 1 aliphatic heterocycles. The molecule has 2 rings (SSSR count). The predicted molar refractivity (Wildman–Crippen MR) is 80.5 cm³/mol. The van der Waals surface area contributed by atoms with Crippen molar-refractivity contribution in [2.75, 3.05) is 19.8 Å². The van der Waals surface area contributed by atoms with Crippen LogP contribution < -0.4 is 10.1 Å². The molecule has 1 atom stereocenters. The van der Waals surface area contributed by atoms with Gasteiger partial charge in [0.15, 0.2) is 0 Å². The van der Waals surface area contributed by atoms with E-state index in [-0.39, 0.29) is 12.0 Å². The van der Waals surface area contributed by atoms with Crippen LogP contribution >= 0.6 is 15.9 Å². The van der Waals surface area contributed by atoms with Gasteiger partial charge < -0.3 is 15.2 Å². The van der Waals surface area contributed by atoms with Crippen LogP contribution in [0.3, 0.4) is 0 Å². The van der Waals surface area contributed by atoms with Gasteiger partial charge >= 0.3 is 0 Å². The van der Waals surface area contributed by atoms with Gasteiger partial charge in [-0.3, -0.25) is 0 Å². The van der Waals surface area contributed by atoms with E-state index in [2.05, 4.69) is 41.2 Å². The quantitative estimate of drug-likeness (QED) is 0.872. The summed E-state index contributed by atoms with van der Waals surface area (Å²) >= 11 is 3.52. The first-order valence-corrected chi connectivity index (χ1v) is 7.58. The summed E-state index contributed by atoms with van der Waals surface area (Å²) in [6, 6.07) is 6.49. The molecular formula is C15H22BrNO2. The molecule has 0 bridgehead atoms. The maximum absolute atomic E-state index is 9.08. The van der Waals surface area contributed by atoms with Crippen LogP contribution in [0.1, 0.15) is 38.3 Å². The van der Waals surface area contributed by atoms with Crippen molar-refractivity contribution < 1.29 is 9.84 Å². The Morgan fingerprint density at radius 3 is 3.00 bits per heavy atom. The number of aliphatic hydroxyl groups is 1. The molecular weight excluding hydrogens is 306 g/mol. The van der Waals surface area contributed by atoms with E-state index in [9.17, 15) is 0 Å². The molecule has 0 saturated heterocycles. The molecule has 106 valence electrons. The van der Waals surface area contributed by atoms with E-state index in [0.717, 1.165) is 36.2 Å². The zero-order valence-electron chi connectivity index (χ0n) is 11.6. The minimum atomic E-state index is 0.110. The molecule has 0 aliphatic carbocycles. The summed E-state index contributed by atoms with van der Waals surface area (Å²) in [6.45, 7) is 6.25. The minimum absolute atomic E-state index is 0.110. The summed E-state index contributed by atoms with van der Waals surface area (Å²) in [5.74, 6) is 0.979. The highest BCUT2D eigenvalue weighted by Gasteiger charge is 2.24. The van der Waals surface area contributed by atoms with Crippen LogP contribution in [0.4, 0.5) is 0 Å². The van der Waals surface area contributed by atoms with Crippen LogP contribution in [-0.2, 0) is 0 Å². The van der Waals surface area contributed by atoms with Gasteiger partial charge in [-0.15, -0.1) is 0 Å². The van der Waals surface area contributed by atoms with Gasteiger partial charge in [0.2, 0.25) is 0 Å². The largest absolute Gasteiger partial charge is 0.493 e. The molecule has 1 aromatic carbocycles. The smallest absolute Gasteiger partial charge is 0.124 e. The van der Waals surface area contributed by atoms with Crippen molar-refractivity contribution in [3.8, 4) is 5.75 Å². The molecule has 2 N–H and O–H groups in total. The van der Waals surface area contributed by atoms with Crippen LogP contribution in [0.5, 0.6) is 5.75 Å². The Morgan fingerprint density at radius 1 is 1.47 bits per heavy atom. The molecule has 0 fully saturated rings. The Hall–Kier alpha value is -0.580. The summed E-state index contributed by atoms with van der Waals surface area (Å²) in [5, 5.41) is 12.7. The van der Waals surface area contributed by atoms with E-state index in [1.165, 1.54) is 5.56 Å². The normalized spacial score (nSPS) is 18.8. The minimum Gasteiger partial charge on any atom is -0.493 e. The van der Waals surface area contributed by atoms with Gasteiger partial charge in [0.05, 0.1) is 6.61 Å². The highest BCUT2D eigenvalue weighted by atomic mass is 79.9. The molecule has 0 amide bonds. The molecule has 1 heterocycles. The number of benzene rings is 1. The zero-order chi connectivity index (χ0) is 13.9. The second kappa shape index (κ2) is 6.25. The highest BCUT2D eigenvalue weighted by molar-refractivity contribution is 9.10. The number of aliphatic hydroxyl groups excluding tert-OH is 1. The first-order valence-electron chi connectivity index (χ1n) is 6.78. The van der Waals surface area contributed by atoms with Gasteiger partial charge in [0.25, 0.3) is 0 Å². The van der Waals surface area contributed by atoms with Crippen molar-refractivity contribution >= 4 is 15.9 Å². The van der Waals surface area contributed by atoms with E-state index >= 15 is 0 Å². The Bertz CT molecular complexity index is 434. The van der Waals surface area contributed by atoms with Crippen molar-refractivity contribution in [1.82, 2.24) is 5.32 Å². The van der Waals surface area contributed by atoms with Gasteiger partial charge in [0.1, 0.15) is 5.75 Å². The van der Waals surface area contributed by atoms with Crippen molar-refractivity contribution in [3.63, 3.8) is 0 Å². The third kappa shape index (κ3) is 3.94. The van der Waals surface area contributed by atoms with Crippen LogP contribution in [0.2, 0.25) is 0 Å². The van der Waals surface area contributed by atoms with E-state index < -0.39 is 0 Å². The third-order valence-electron chi connectivity index (χ3n) is 3.63. The Morgan fingerprint density at radius 2 is 2.26 bits per heavy atom. The van der Waals surface area contributed by atoms with E-state index in [4.69, 9.17) is 9.84 Å². The fourth-order valence-electron chi connectivity index (χ4n) is 2.37. The second-order valence-corrected chi connectivity index (χ2v) is 6.81. The lowest BCUT2D eigenvalue weighted by atomic mass is 9.88. The number of hydrogen-bond acceptors (Lipinski definition) is 3. The van der Waals surface area contributed by atoms with Crippen molar-refractivity contribution in [2.24, 2.45) is 5.41 Å². The van der Waals surface area contributed by atoms with Crippen LogP contribution in [0.15, 0.2) is 22.7 Å². The van der Waals surface area contributed by atoms with Crippen molar-refractivity contribution in [3.05, 3.63) is 28.2 Å². The van der Waals surface area contributed by atoms with E-state index in [0.29, 0.717) is 6.04 Å². The summed E-state index contributed by atoms with van der Waals surface area (Å²) in [4.78, 5) is 0. The molecule has 4 heteroatoms. The Kier molecular flexibility index (Phi) is 4.87. The number of fused-ring (bicyclic) bond motifs is 1. The molecule has 1 unspecified atom stereocenters. The van der Waals surface area contributed by atoms with Crippen LogP contribution in [0.25, 0.3) is 0 Å². The summed E-state index contributed by atoms with van der Waals surface area (Å²) in [5.41, 5.74) is 1.33. The lowest BCUT2D eigenvalue weighted by Gasteiger charge is -2.31. The summed E-state index contributed by atoms with van der Waals surface area (Å²) in [6.07, 6.45) is 1.80. The third-order valence-corrected chi connectivity index (χ3v) is 4.12. The standard InChI is InChI=1S/C15H22BrNO2/c1-15(2,6-7-18)10-17-13-5-8-19-14-4-3-11(16)9-12(13)14/h3-4,9,13,17-18H,5-8,10H2,1-2H3. The Balaban J connectivity index is 2.05. The van der Waals surface area contributed by atoms with Gasteiger partial charge in [-0.25, -0.2) is 0 Å². The monoisotopic (exact) mass is 327 g/mol. The number of halogens is 1. The number of hydrogen-bond donors (Lipinski definition) is 2. The Labute approximate surface area is 123 Å². The van der Waals surface area contributed by atoms with Crippen molar-refractivity contribution in [2.45, 2.75) is 32.7 Å². The van der Waals surface area contributed by atoms with Gasteiger partial charge in [-0.1, -0.05) is 29.8 Å². The van der Waals surface area contributed by atoms with Gasteiger partial charge in [-0.2, -0.15) is 0 Å². The topological polar surface area (TPSA) is 41.5 Å². The molecule has 0 spiro atoms. The summed E-state index contributed by atoms with van der Waals surface area (Å²) < 4.78 is 6.77. The molecule has 0 radical (unpaired) electrons. The molecule has 1 aliphatic rings. The second-order valence-electron chi connectivity index (χ2n) is 5.89. The zero-order valence-corrected chi connectivity index (χ0v) is 13.2. The molecule has 0 saturated carbocycles. The highest BCUT2D eigenvalue weighted by Crippen LogP contribution is 2.34. The SMILES string of the molecule is CC(C)(CCO)CNC1CCOc2ccc(Br)cc21. The molecule has 1 aromatic rings. The van der Waals surface area contributed by atoms with E-state index in [1.807, 2.05) is 12.1 Å². The first-order chi connectivity index (χ1) is 9.02. The predicted octanol–water partition coefficient (Wildman–Crippen LogP) is 3.27. The van der Waals surface area contributed by atoms with Gasteiger partial charge in [0, 0.05) is 35.7 Å². The summed E-state index contributed by atoms with van der Waals surface area (Å²) in [7, 11) is 0. The first kappa shape index (κ1) is 14.8. The average Bonchev–Trinajstić information content (AvgIpc) is 2.36. The molecule has 19 heavy (non-hydrogen) atoms. The molecule has 0 aromatic heterocycles. The number of ether oxygens (including phenoxy) is 1. The number of nitrogens with one attached hydrogen (secondary N) is 1.